The van der Waals surface area contributed by atoms with Gasteiger partial charge in [0.1, 0.15) is 11.9 Å². The highest BCUT2D eigenvalue weighted by molar-refractivity contribution is 5.94. The first-order chi connectivity index (χ1) is 11.7. The number of pyridine rings is 1. The molecule has 1 aliphatic heterocycles. The fraction of sp³-hybridized carbons (Fsp3) is 0.333. The van der Waals surface area contributed by atoms with Gasteiger partial charge in [0.15, 0.2) is 0 Å². The third-order valence-corrected chi connectivity index (χ3v) is 3.87. The maximum Gasteiger partial charge on any atom is 0.255 e. The largest absolute Gasteiger partial charge is 0.478 e. The monoisotopic (exact) mass is 330 g/mol. The zero-order valence-corrected chi connectivity index (χ0v) is 13.4. The second-order valence-corrected chi connectivity index (χ2v) is 5.48. The Morgan fingerprint density at radius 3 is 2.79 bits per heavy atom. The van der Waals surface area contributed by atoms with Crippen molar-refractivity contribution in [3.05, 3.63) is 59.5 Å². The van der Waals surface area contributed by atoms with E-state index in [-0.39, 0.29) is 17.8 Å². The highest BCUT2D eigenvalue weighted by Crippen LogP contribution is 2.23. The molecule has 24 heavy (non-hydrogen) atoms. The Hall–Kier alpha value is -2.47. The van der Waals surface area contributed by atoms with Gasteiger partial charge in [-0.15, -0.1) is 0 Å². The van der Waals surface area contributed by atoms with Crippen molar-refractivity contribution in [2.24, 2.45) is 0 Å². The van der Waals surface area contributed by atoms with Crippen LogP contribution in [0.3, 0.4) is 0 Å². The van der Waals surface area contributed by atoms with Gasteiger partial charge in [0.05, 0.1) is 25.3 Å². The first kappa shape index (κ1) is 16.4. The molecule has 1 aliphatic rings. The van der Waals surface area contributed by atoms with E-state index >= 15 is 0 Å². The molecular weight excluding hydrogens is 311 g/mol. The van der Waals surface area contributed by atoms with E-state index < -0.39 is 0 Å². The molecule has 0 spiro atoms. The first-order valence-corrected chi connectivity index (χ1v) is 7.92. The average molecular weight is 330 g/mol. The van der Waals surface area contributed by atoms with Crippen molar-refractivity contribution in [3.8, 4) is 5.88 Å². The Balaban J connectivity index is 1.69. The van der Waals surface area contributed by atoms with Crippen LogP contribution in [0.4, 0.5) is 4.39 Å². The summed E-state index contributed by atoms with van der Waals surface area (Å²) in [5, 5.41) is 0. The molecule has 2 aromatic rings. The van der Waals surface area contributed by atoms with Gasteiger partial charge in [0.2, 0.25) is 5.88 Å². The van der Waals surface area contributed by atoms with E-state index in [4.69, 9.17) is 9.47 Å². The summed E-state index contributed by atoms with van der Waals surface area (Å²) < 4.78 is 24.0. The summed E-state index contributed by atoms with van der Waals surface area (Å²) in [5.41, 5.74) is 1.37. The number of benzene rings is 1. The maximum absolute atomic E-state index is 13.0. The molecule has 0 aliphatic carbocycles. The fourth-order valence-electron chi connectivity index (χ4n) is 2.64. The SMILES string of the molecule is CCOc1ccc(C(=O)N2CCOC(c3ccc(F)cc3)C2)cn1. The van der Waals surface area contributed by atoms with Gasteiger partial charge < -0.3 is 14.4 Å². The van der Waals surface area contributed by atoms with E-state index in [1.807, 2.05) is 6.92 Å². The zero-order chi connectivity index (χ0) is 16.9. The van der Waals surface area contributed by atoms with Gasteiger partial charge >= 0.3 is 0 Å². The third kappa shape index (κ3) is 3.71. The van der Waals surface area contributed by atoms with Gasteiger partial charge in [0, 0.05) is 18.8 Å². The predicted octanol–water partition coefficient (Wildman–Crippen LogP) is 2.83. The molecule has 1 atom stereocenters. The topological polar surface area (TPSA) is 51.7 Å². The van der Waals surface area contributed by atoms with Gasteiger partial charge in [-0.25, -0.2) is 9.37 Å². The molecule has 1 saturated heterocycles. The number of aromatic nitrogens is 1. The van der Waals surface area contributed by atoms with E-state index in [0.29, 0.717) is 37.7 Å². The lowest BCUT2D eigenvalue weighted by Gasteiger charge is -2.33. The molecule has 1 amide bonds. The van der Waals surface area contributed by atoms with Crippen LogP contribution < -0.4 is 4.74 Å². The normalized spacial score (nSPS) is 17.6. The molecule has 6 heteroatoms. The summed E-state index contributed by atoms with van der Waals surface area (Å²) in [6.07, 6.45) is 1.27. The molecule has 0 saturated carbocycles. The summed E-state index contributed by atoms with van der Waals surface area (Å²) in [6.45, 7) is 3.80. The van der Waals surface area contributed by atoms with Crippen molar-refractivity contribution < 1.29 is 18.7 Å². The van der Waals surface area contributed by atoms with E-state index in [9.17, 15) is 9.18 Å². The molecule has 0 radical (unpaired) electrons. The fourth-order valence-corrected chi connectivity index (χ4v) is 2.64. The number of rotatable bonds is 4. The summed E-state index contributed by atoms with van der Waals surface area (Å²) in [4.78, 5) is 18.5. The first-order valence-electron chi connectivity index (χ1n) is 7.92. The van der Waals surface area contributed by atoms with Gasteiger partial charge in [-0.1, -0.05) is 12.1 Å². The smallest absolute Gasteiger partial charge is 0.255 e. The number of carbonyl (C=O) groups is 1. The number of amides is 1. The van der Waals surface area contributed by atoms with Crippen molar-refractivity contribution in [1.82, 2.24) is 9.88 Å². The molecule has 1 fully saturated rings. The lowest BCUT2D eigenvalue weighted by Crippen LogP contribution is -2.42. The zero-order valence-electron chi connectivity index (χ0n) is 13.4. The Kier molecular flexibility index (Phi) is 5.05. The quantitative estimate of drug-likeness (QED) is 0.865. The molecule has 0 bridgehead atoms. The van der Waals surface area contributed by atoms with Crippen LogP contribution in [0.2, 0.25) is 0 Å². The predicted molar refractivity (Wildman–Crippen MR) is 86.4 cm³/mol. The van der Waals surface area contributed by atoms with Crippen LogP contribution in [0.15, 0.2) is 42.6 Å². The van der Waals surface area contributed by atoms with Gasteiger partial charge in [0.25, 0.3) is 5.91 Å². The Bertz CT molecular complexity index is 688. The van der Waals surface area contributed by atoms with Crippen LogP contribution in [0.1, 0.15) is 28.9 Å². The third-order valence-electron chi connectivity index (χ3n) is 3.87. The van der Waals surface area contributed by atoms with Crippen LogP contribution >= 0.6 is 0 Å². The number of morpholine rings is 1. The minimum Gasteiger partial charge on any atom is -0.478 e. The van der Waals surface area contributed by atoms with Crippen molar-refractivity contribution >= 4 is 5.91 Å². The Morgan fingerprint density at radius 1 is 1.33 bits per heavy atom. The number of hydrogen-bond donors (Lipinski definition) is 0. The van der Waals surface area contributed by atoms with Crippen LogP contribution in [-0.2, 0) is 4.74 Å². The molecule has 5 nitrogen and oxygen atoms in total. The molecule has 1 aromatic carbocycles. The van der Waals surface area contributed by atoms with Crippen molar-refractivity contribution in [2.45, 2.75) is 13.0 Å². The summed E-state index contributed by atoms with van der Waals surface area (Å²) in [6, 6.07) is 9.57. The lowest BCUT2D eigenvalue weighted by atomic mass is 10.1. The van der Waals surface area contributed by atoms with E-state index in [1.165, 1.54) is 18.3 Å². The number of nitrogens with zero attached hydrogens (tertiary/aromatic N) is 2. The second-order valence-electron chi connectivity index (χ2n) is 5.48. The van der Waals surface area contributed by atoms with Crippen LogP contribution in [0.25, 0.3) is 0 Å². The van der Waals surface area contributed by atoms with Crippen LogP contribution in [0.5, 0.6) is 5.88 Å². The van der Waals surface area contributed by atoms with Crippen molar-refractivity contribution in [2.75, 3.05) is 26.3 Å². The van der Waals surface area contributed by atoms with Crippen molar-refractivity contribution in [3.63, 3.8) is 0 Å². The summed E-state index contributed by atoms with van der Waals surface area (Å²) >= 11 is 0. The number of hydrogen-bond acceptors (Lipinski definition) is 4. The summed E-state index contributed by atoms with van der Waals surface area (Å²) in [5.74, 6) is 0.115. The highest BCUT2D eigenvalue weighted by Gasteiger charge is 2.26. The van der Waals surface area contributed by atoms with E-state index in [2.05, 4.69) is 4.98 Å². The maximum atomic E-state index is 13.0. The molecular formula is C18H19FN2O3. The standard InChI is InChI=1S/C18H19FN2O3/c1-2-23-17-8-5-14(11-20-17)18(22)21-9-10-24-16(12-21)13-3-6-15(19)7-4-13/h3-8,11,16H,2,9-10,12H2,1H3. The number of ether oxygens (including phenoxy) is 2. The second kappa shape index (κ2) is 7.40. The van der Waals surface area contributed by atoms with Gasteiger partial charge in [-0.05, 0) is 30.7 Å². The molecule has 0 N–H and O–H groups in total. The van der Waals surface area contributed by atoms with E-state index in [0.717, 1.165) is 5.56 Å². The van der Waals surface area contributed by atoms with Crippen molar-refractivity contribution in [1.29, 1.82) is 0 Å². The molecule has 1 aromatic heterocycles. The summed E-state index contributed by atoms with van der Waals surface area (Å²) in [7, 11) is 0. The Labute approximate surface area is 140 Å². The molecule has 1 unspecified atom stereocenters. The molecule has 3 rings (SSSR count). The van der Waals surface area contributed by atoms with E-state index in [1.54, 1.807) is 29.2 Å². The number of carbonyl (C=O) groups excluding carboxylic acids is 1. The average Bonchev–Trinajstić information content (AvgIpc) is 2.63. The van der Waals surface area contributed by atoms with Crippen LogP contribution in [-0.4, -0.2) is 42.1 Å². The molecule has 126 valence electrons. The van der Waals surface area contributed by atoms with Crippen LogP contribution in [0, 0.1) is 5.82 Å². The molecule has 2 heterocycles. The Morgan fingerprint density at radius 2 is 2.12 bits per heavy atom. The minimum absolute atomic E-state index is 0.0963. The highest BCUT2D eigenvalue weighted by atomic mass is 19.1. The van der Waals surface area contributed by atoms with Gasteiger partial charge in [-0.2, -0.15) is 0 Å². The van der Waals surface area contributed by atoms with Gasteiger partial charge in [-0.3, -0.25) is 4.79 Å². The lowest BCUT2D eigenvalue weighted by molar-refractivity contribution is -0.0228. The minimum atomic E-state index is -0.289. The number of halogens is 1.